The van der Waals surface area contributed by atoms with Crippen molar-refractivity contribution in [2.75, 3.05) is 6.61 Å². The smallest absolute Gasteiger partial charge is 0.330 e. The normalized spacial score (nSPS) is 12.4. The zero-order valence-electron chi connectivity index (χ0n) is 11.4. The number of alkyl halides is 4. The van der Waals surface area contributed by atoms with Gasteiger partial charge in [-0.2, -0.15) is 13.9 Å². The van der Waals surface area contributed by atoms with Crippen molar-refractivity contribution in [2.45, 2.75) is 45.3 Å². The third kappa shape index (κ3) is 4.96. The minimum atomic E-state index is -4.27. The number of carboxylic acid groups (broad SMARTS) is 1. The molecule has 0 atom stereocenters. The number of hydrogen-bond donors (Lipinski definition) is 1. The van der Waals surface area contributed by atoms with E-state index in [9.17, 15) is 22.4 Å². The molecule has 0 aromatic carbocycles. The van der Waals surface area contributed by atoms with Crippen LogP contribution in [-0.2, 0) is 22.7 Å². The molecule has 1 aromatic heterocycles. The van der Waals surface area contributed by atoms with Crippen molar-refractivity contribution >= 4 is 5.97 Å². The highest BCUT2D eigenvalue weighted by Crippen LogP contribution is 2.23. The Kier molecular flexibility index (Phi) is 5.64. The number of ether oxygens (including phenoxy) is 1. The average molecular weight is 313 g/mol. The molecule has 1 aromatic rings. The fourth-order valence-electron chi connectivity index (χ4n) is 1.34. The van der Waals surface area contributed by atoms with Crippen molar-refractivity contribution in [1.82, 2.24) is 14.8 Å². The maximum Gasteiger partial charge on any atom is 0.330 e. The van der Waals surface area contributed by atoms with Gasteiger partial charge in [0.05, 0.1) is 0 Å². The van der Waals surface area contributed by atoms with E-state index < -0.39 is 38.1 Å². The lowest BCUT2D eigenvalue weighted by atomic mass is 10.2. The van der Waals surface area contributed by atoms with Crippen LogP contribution < -0.4 is 0 Å². The van der Waals surface area contributed by atoms with Crippen molar-refractivity contribution in [3.8, 4) is 0 Å². The second kappa shape index (κ2) is 6.83. The van der Waals surface area contributed by atoms with Gasteiger partial charge in [0.15, 0.2) is 11.6 Å². The first kappa shape index (κ1) is 17.3. The van der Waals surface area contributed by atoms with E-state index in [-0.39, 0.29) is 11.7 Å². The van der Waals surface area contributed by atoms with E-state index in [1.165, 1.54) is 0 Å². The number of rotatable bonds is 8. The summed E-state index contributed by atoms with van der Waals surface area (Å²) in [5.74, 6) is -5.27. The van der Waals surface area contributed by atoms with Gasteiger partial charge < -0.3 is 9.84 Å². The predicted octanol–water partition coefficient (Wildman–Crippen LogP) is 1.90. The summed E-state index contributed by atoms with van der Waals surface area (Å²) in [4.78, 5) is 14.6. The van der Waals surface area contributed by atoms with Gasteiger partial charge in [0.1, 0.15) is 19.8 Å². The Morgan fingerprint density at radius 1 is 1.43 bits per heavy atom. The van der Waals surface area contributed by atoms with Gasteiger partial charge in [-0.15, -0.1) is 0 Å². The summed E-state index contributed by atoms with van der Waals surface area (Å²) in [5, 5.41) is 12.6. The summed E-state index contributed by atoms with van der Waals surface area (Å²) in [6, 6.07) is 0. The number of carbonyl (C=O) groups is 1. The number of aromatic nitrogens is 3. The highest BCUT2D eigenvalue weighted by Gasteiger charge is 2.41. The fourth-order valence-corrected chi connectivity index (χ4v) is 1.34. The van der Waals surface area contributed by atoms with E-state index in [2.05, 4.69) is 14.8 Å². The van der Waals surface area contributed by atoms with Gasteiger partial charge in [0.2, 0.25) is 0 Å². The molecule has 0 saturated carbocycles. The predicted molar refractivity (Wildman–Crippen MR) is 62.4 cm³/mol. The van der Waals surface area contributed by atoms with Crippen molar-refractivity contribution in [2.24, 2.45) is 0 Å². The third-order valence-corrected chi connectivity index (χ3v) is 2.41. The summed E-state index contributed by atoms with van der Waals surface area (Å²) < 4.78 is 54.8. The van der Waals surface area contributed by atoms with E-state index in [0.717, 1.165) is 4.68 Å². The van der Waals surface area contributed by atoms with E-state index in [4.69, 9.17) is 5.11 Å². The van der Waals surface area contributed by atoms with Crippen LogP contribution in [0.15, 0.2) is 0 Å². The zero-order valence-corrected chi connectivity index (χ0v) is 11.4. The highest BCUT2D eigenvalue weighted by atomic mass is 19.3. The van der Waals surface area contributed by atoms with Crippen LogP contribution in [0.3, 0.4) is 0 Å². The molecule has 0 aliphatic carbocycles. The maximum atomic E-state index is 12.7. The minimum Gasteiger partial charge on any atom is -0.480 e. The lowest BCUT2D eigenvalue weighted by molar-refractivity contribution is -0.168. The number of halogens is 4. The Bertz CT molecular complexity index is 491. The Labute approximate surface area is 117 Å². The molecule has 1 heterocycles. The van der Waals surface area contributed by atoms with Crippen molar-refractivity contribution < 1.29 is 32.2 Å². The molecule has 0 aliphatic heterocycles. The lowest BCUT2D eigenvalue weighted by Crippen LogP contribution is -2.32. The molecule has 1 N–H and O–H groups in total. The SMILES string of the molecule is CC(C)c1nc(COCC(F)(F)C(F)F)n(CC(=O)O)n1. The highest BCUT2D eigenvalue weighted by molar-refractivity contribution is 5.66. The topological polar surface area (TPSA) is 77.2 Å². The molecule has 0 saturated heterocycles. The molecule has 0 unspecified atom stereocenters. The van der Waals surface area contributed by atoms with E-state index in [0.29, 0.717) is 5.82 Å². The largest absolute Gasteiger partial charge is 0.480 e. The van der Waals surface area contributed by atoms with Crippen LogP contribution >= 0.6 is 0 Å². The van der Waals surface area contributed by atoms with E-state index in [1.54, 1.807) is 13.8 Å². The van der Waals surface area contributed by atoms with Gasteiger partial charge in [-0.25, -0.2) is 18.4 Å². The Balaban J connectivity index is 2.75. The summed E-state index contributed by atoms with van der Waals surface area (Å²) in [5.41, 5.74) is 0. The van der Waals surface area contributed by atoms with Crippen LogP contribution in [0.5, 0.6) is 0 Å². The molecule has 10 heteroatoms. The first-order chi connectivity index (χ1) is 9.63. The Morgan fingerprint density at radius 3 is 2.52 bits per heavy atom. The maximum absolute atomic E-state index is 12.7. The third-order valence-electron chi connectivity index (χ3n) is 2.41. The van der Waals surface area contributed by atoms with Crippen molar-refractivity contribution in [3.05, 3.63) is 11.6 Å². The first-order valence-electron chi connectivity index (χ1n) is 6.02. The summed E-state index contributed by atoms with van der Waals surface area (Å²) in [6.45, 7) is 0.979. The Morgan fingerprint density at radius 2 is 2.05 bits per heavy atom. The van der Waals surface area contributed by atoms with E-state index in [1.807, 2.05) is 0 Å². The molecule has 0 radical (unpaired) electrons. The van der Waals surface area contributed by atoms with Gasteiger partial charge in [-0.05, 0) is 0 Å². The van der Waals surface area contributed by atoms with Crippen molar-refractivity contribution in [1.29, 1.82) is 0 Å². The molecule has 0 fully saturated rings. The molecule has 0 amide bonds. The molecular formula is C11H15F4N3O3. The molecule has 0 bridgehead atoms. The molecule has 0 spiro atoms. The van der Waals surface area contributed by atoms with Crippen LogP contribution in [-0.4, -0.2) is 44.8 Å². The average Bonchev–Trinajstić information content (AvgIpc) is 2.71. The molecular weight excluding hydrogens is 298 g/mol. The molecule has 120 valence electrons. The second-order valence-electron chi connectivity index (χ2n) is 4.65. The molecule has 6 nitrogen and oxygen atoms in total. The number of carboxylic acids is 1. The van der Waals surface area contributed by atoms with Gasteiger partial charge >= 0.3 is 18.3 Å². The van der Waals surface area contributed by atoms with Crippen LogP contribution in [0.4, 0.5) is 17.6 Å². The number of aliphatic carboxylic acids is 1. The van der Waals surface area contributed by atoms with Gasteiger partial charge in [-0.1, -0.05) is 13.8 Å². The number of nitrogens with zero attached hydrogens (tertiary/aromatic N) is 3. The van der Waals surface area contributed by atoms with Crippen LogP contribution in [0.25, 0.3) is 0 Å². The van der Waals surface area contributed by atoms with Gasteiger partial charge in [0, 0.05) is 5.92 Å². The van der Waals surface area contributed by atoms with Crippen LogP contribution in [0, 0.1) is 0 Å². The Hall–Kier alpha value is -1.71. The zero-order chi connectivity index (χ0) is 16.2. The van der Waals surface area contributed by atoms with Crippen LogP contribution in [0.1, 0.15) is 31.4 Å². The second-order valence-corrected chi connectivity index (χ2v) is 4.65. The standard InChI is InChI=1S/C11H15F4N3O3/c1-6(2)9-16-7(18(17-9)3-8(19)20)4-21-5-11(14,15)10(12)13/h6,10H,3-5H2,1-2H3,(H,19,20). The lowest BCUT2D eigenvalue weighted by Gasteiger charge is -2.14. The van der Waals surface area contributed by atoms with Gasteiger partial charge in [-0.3, -0.25) is 4.79 Å². The summed E-state index contributed by atoms with van der Waals surface area (Å²) in [6.07, 6.45) is -3.83. The van der Waals surface area contributed by atoms with Crippen LogP contribution in [0.2, 0.25) is 0 Å². The molecule has 21 heavy (non-hydrogen) atoms. The minimum absolute atomic E-state index is 0.00818. The quantitative estimate of drug-likeness (QED) is 0.742. The van der Waals surface area contributed by atoms with Gasteiger partial charge in [0.25, 0.3) is 0 Å². The fraction of sp³-hybridized carbons (Fsp3) is 0.727. The summed E-state index contributed by atoms with van der Waals surface area (Å²) >= 11 is 0. The monoisotopic (exact) mass is 313 g/mol. The van der Waals surface area contributed by atoms with E-state index >= 15 is 0 Å². The van der Waals surface area contributed by atoms with Crippen molar-refractivity contribution in [3.63, 3.8) is 0 Å². The number of hydrogen-bond acceptors (Lipinski definition) is 4. The first-order valence-corrected chi connectivity index (χ1v) is 6.02. The molecule has 1 rings (SSSR count). The summed E-state index contributed by atoms with van der Waals surface area (Å²) in [7, 11) is 0. The molecule has 0 aliphatic rings.